The van der Waals surface area contributed by atoms with Crippen LogP contribution in [0.5, 0.6) is 0 Å². The SMILES string of the molecule is Cc1ccc(Sc2nccnc2N2CCC[C@@H](C(=O)N3CCN(C4CCCCC4)CC3)C2)cc1. The highest BCUT2D eigenvalue weighted by molar-refractivity contribution is 7.99. The molecule has 34 heavy (non-hydrogen) atoms. The van der Waals surface area contributed by atoms with E-state index in [0.717, 1.165) is 73.9 Å². The van der Waals surface area contributed by atoms with Gasteiger partial charge in [0.25, 0.3) is 0 Å². The molecule has 1 aromatic carbocycles. The first-order chi connectivity index (χ1) is 16.7. The maximum atomic E-state index is 13.5. The van der Waals surface area contributed by atoms with Crippen LogP contribution >= 0.6 is 11.8 Å². The molecule has 2 saturated heterocycles. The molecule has 6 nitrogen and oxygen atoms in total. The van der Waals surface area contributed by atoms with Crippen LogP contribution < -0.4 is 4.90 Å². The van der Waals surface area contributed by atoms with E-state index >= 15 is 0 Å². The number of hydrogen-bond acceptors (Lipinski definition) is 6. The van der Waals surface area contributed by atoms with Crippen LogP contribution in [-0.2, 0) is 4.79 Å². The summed E-state index contributed by atoms with van der Waals surface area (Å²) in [5.41, 5.74) is 1.25. The van der Waals surface area contributed by atoms with Gasteiger partial charge in [0.15, 0.2) is 5.82 Å². The van der Waals surface area contributed by atoms with Gasteiger partial charge in [-0.05, 0) is 44.7 Å². The van der Waals surface area contributed by atoms with E-state index in [9.17, 15) is 4.79 Å². The summed E-state index contributed by atoms with van der Waals surface area (Å²) < 4.78 is 0. The Balaban J connectivity index is 1.20. The lowest BCUT2D eigenvalue weighted by molar-refractivity contribution is -0.138. The van der Waals surface area contributed by atoms with Gasteiger partial charge in [0.1, 0.15) is 5.03 Å². The molecule has 0 unspecified atom stereocenters. The van der Waals surface area contributed by atoms with Crippen LogP contribution in [0.2, 0.25) is 0 Å². The van der Waals surface area contributed by atoms with Crippen LogP contribution in [0, 0.1) is 12.8 Å². The van der Waals surface area contributed by atoms with Crippen molar-refractivity contribution >= 4 is 23.5 Å². The molecule has 1 aliphatic carbocycles. The number of amides is 1. The molecule has 2 aliphatic heterocycles. The van der Waals surface area contributed by atoms with E-state index in [2.05, 4.69) is 50.9 Å². The molecule has 1 saturated carbocycles. The van der Waals surface area contributed by atoms with Crippen molar-refractivity contribution in [2.45, 2.75) is 67.8 Å². The number of rotatable bonds is 5. The minimum absolute atomic E-state index is 0.0502. The normalized spacial score (nSPS) is 22.7. The summed E-state index contributed by atoms with van der Waals surface area (Å²) in [6, 6.07) is 9.27. The first kappa shape index (κ1) is 23.6. The third-order valence-corrected chi connectivity index (χ3v) is 8.66. The lowest BCUT2D eigenvalue weighted by atomic mass is 9.93. The Hall–Kier alpha value is -2.12. The highest BCUT2D eigenvalue weighted by atomic mass is 32.2. The second kappa shape index (κ2) is 11.1. The summed E-state index contributed by atoms with van der Waals surface area (Å²) in [7, 11) is 0. The van der Waals surface area contributed by atoms with E-state index in [1.807, 2.05) is 0 Å². The fraction of sp³-hybridized carbons (Fsp3) is 0.593. The summed E-state index contributed by atoms with van der Waals surface area (Å²) in [4.78, 5) is 31.0. The third-order valence-electron chi connectivity index (χ3n) is 7.67. The highest BCUT2D eigenvalue weighted by Crippen LogP contribution is 2.34. The Morgan fingerprint density at radius 2 is 1.62 bits per heavy atom. The van der Waals surface area contributed by atoms with Gasteiger partial charge in [0, 0.05) is 62.6 Å². The first-order valence-electron chi connectivity index (χ1n) is 13.0. The second-order valence-corrected chi connectivity index (χ2v) is 11.1. The molecule has 7 heteroatoms. The third kappa shape index (κ3) is 5.57. The van der Waals surface area contributed by atoms with Gasteiger partial charge in [-0.25, -0.2) is 9.97 Å². The summed E-state index contributed by atoms with van der Waals surface area (Å²) in [5.74, 6) is 1.30. The van der Waals surface area contributed by atoms with Crippen molar-refractivity contribution in [1.82, 2.24) is 19.8 Å². The van der Waals surface area contributed by atoms with Crippen molar-refractivity contribution in [2.75, 3.05) is 44.2 Å². The smallest absolute Gasteiger partial charge is 0.227 e. The number of nitrogens with zero attached hydrogens (tertiary/aromatic N) is 5. The molecule has 0 N–H and O–H groups in total. The monoisotopic (exact) mass is 479 g/mol. The predicted octanol–water partition coefficient (Wildman–Crippen LogP) is 4.63. The van der Waals surface area contributed by atoms with Gasteiger partial charge >= 0.3 is 0 Å². The Labute approximate surface area is 208 Å². The Morgan fingerprint density at radius 3 is 2.38 bits per heavy atom. The number of piperazine rings is 1. The van der Waals surface area contributed by atoms with Gasteiger partial charge in [-0.3, -0.25) is 9.69 Å². The molecule has 2 aromatic rings. The molecule has 0 spiro atoms. The molecular weight excluding hydrogens is 442 g/mol. The minimum atomic E-state index is 0.0502. The molecule has 3 fully saturated rings. The molecule has 0 bridgehead atoms. The minimum Gasteiger partial charge on any atom is -0.354 e. The highest BCUT2D eigenvalue weighted by Gasteiger charge is 2.33. The Kier molecular flexibility index (Phi) is 7.70. The molecule has 5 rings (SSSR count). The zero-order chi connectivity index (χ0) is 23.3. The zero-order valence-corrected chi connectivity index (χ0v) is 21.2. The number of carbonyl (C=O) groups is 1. The van der Waals surface area contributed by atoms with Crippen molar-refractivity contribution in [1.29, 1.82) is 0 Å². The lowest BCUT2D eigenvalue weighted by Crippen LogP contribution is -2.54. The van der Waals surface area contributed by atoms with Gasteiger partial charge in [0.2, 0.25) is 5.91 Å². The average molecular weight is 480 g/mol. The molecule has 1 aromatic heterocycles. The molecule has 1 amide bonds. The molecule has 182 valence electrons. The summed E-state index contributed by atoms with van der Waals surface area (Å²) in [6.07, 6.45) is 12.3. The van der Waals surface area contributed by atoms with Gasteiger partial charge in [-0.1, -0.05) is 48.7 Å². The van der Waals surface area contributed by atoms with Crippen molar-refractivity contribution in [2.24, 2.45) is 5.92 Å². The predicted molar refractivity (Wildman–Crippen MR) is 137 cm³/mol. The fourth-order valence-electron chi connectivity index (χ4n) is 5.71. The Morgan fingerprint density at radius 1 is 0.882 bits per heavy atom. The number of carbonyl (C=O) groups excluding carboxylic acids is 1. The number of anilines is 1. The number of aromatic nitrogens is 2. The van der Waals surface area contributed by atoms with Crippen LogP contribution in [-0.4, -0.2) is 71.0 Å². The summed E-state index contributed by atoms with van der Waals surface area (Å²) in [6.45, 7) is 7.60. The molecule has 3 heterocycles. The number of piperidine rings is 1. The summed E-state index contributed by atoms with van der Waals surface area (Å²) >= 11 is 1.65. The quantitative estimate of drug-likeness (QED) is 0.623. The number of benzene rings is 1. The molecule has 1 atom stereocenters. The second-order valence-electron chi connectivity index (χ2n) is 10.0. The maximum Gasteiger partial charge on any atom is 0.227 e. The zero-order valence-electron chi connectivity index (χ0n) is 20.4. The van der Waals surface area contributed by atoms with Crippen LogP contribution in [0.1, 0.15) is 50.5 Å². The van der Waals surface area contributed by atoms with Gasteiger partial charge in [0.05, 0.1) is 5.92 Å². The molecule has 3 aliphatic rings. The van der Waals surface area contributed by atoms with Gasteiger partial charge < -0.3 is 9.80 Å². The fourth-order valence-corrected chi connectivity index (χ4v) is 6.59. The number of hydrogen-bond donors (Lipinski definition) is 0. The van der Waals surface area contributed by atoms with Crippen LogP contribution in [0.3, 0.4) is 0 Å². The van der Waals surface area contributed by atoms with Crippen molar-refractivity contribution in [3.63, 3.8) is 0 Å². The van der Waals surface area contributed by atoms with Gasteiger partial charge in [-0.15, -0.1) is 0 Å². The van der Waals surface area contributed by atoms with E-state index < -0.39 is 0 Å². The van der Waals surface area contributed by atoms with Crippen molar-refractivity contribution in [3.05, 3.63) is 42.2 Å². The van der Waals surface area contributed by atoms with E-state index in [1.165, 1.54) is 37.7 Å². The molecule has 0 radical (unpaired) electrons. The maximum absolute atomic E-state index is 13.5. The van der Waals surface area contributed by atoms with E-state index in [1.54, 1.807) is 24.2 Å². The average Bonchev–Trinajstić information content (AvgIpc) is 2.90. The topological polar surface area (TPSA) is 52.6 Å². The van der Waals surface area contributed by atoms with Gasteiger partial charge in [-0.2, -0.15) is 0 Å². The van der Waals surface area contributed by atoms with Crippen LogP contribution in [0.4, 0.5) is 5.82 Å². The number of aryl methyl sites for hydroxylation is 1. The van der Waals surface area contributed by atoms with Crippen molar-refractivity contribution < 1.29 is 4.79 Å². The van der Waals surface area contributed by atoms with Crippen LogP contribution in [0.15, 0.2) is 46.6 Å². The molecular formula is C27H37N5OS. The summed E-state index contributed by atoms with van der Waals surface area (Å²) in [5, 5.41) is 0.917. The van der Waals surface area contributed by atoms with Crippen molar-refractivity contribution in [3.8, 4) is 0 Å². The van der Waals surface area contributed by atoms with E-state index in [4.69, 9.17) is 4.98 Å². The largest absolute Gasteiger partial charge is 0.354 e. The van der Waals surface area contributed by atoms with E-state index in [0.29, 0.717) is 5.91 Å². The lowest BCUT2D eigenvalue weighted by Gasteiger charge is -2.42. The standard InChI is InChI=1S/C27H37N5OS/c1-21-9-11-24(12-10-21)34-26-25(28-13-14-29-26)32-15-5-6-22(20-32)27(33)31-18-16-30(17-19-31)23-7-3-2-4-8-23/h9-14,22-23H,2-8,15-20H2,1H3/t22-/m1/s1. The van der Waals surface area contributed by atoms with Crippen LogP contribution in [0.25, 0.3) is 0 Å². The first-order valence-corrected chi connectivity index (χ1v) is 13.8. The van der Waals surface area contributed by atoms with E-state index in [-0.39, 0.29) is 5.92 Å². The Bertz CT molecular complexity index is 954.